The van der Waals surface area contributed by atoms with Gasteiger partial charge in [0.1, 0.15) is 22.3 Å². The topological polar surface area (TPSA) is 201 Å². The van der Waals surface area contributed by atoms with Gasteiger partial charge in [-0.25, -0.2) is 9.78 Å². The molecule has 1 aliphatic rings. The molecule has 8 unspecified atom stereocenters. The lowest BCUT2D eigenvalue weighted by Gasteiger charge is -2.41. The summed E-state index contributed by atoms with van der Waals surface area (Å²) in [4.78, 5) is 91.8. The van der Waals surface area contributed by atoms with Crippen molar-refractivity contribution in [2.75, 3.05) is 55.0 Å². The first-order valence-corrected chi connectivity index (χ1v) is 25.0. The molecule has 2 heterocycles. The van der Waals surface area contributed by atoms with Crippen molar-refractivity contribution in [3.8, 4) is 0 Å². The van der Waals surface area contributed by atoms with Gasteiger partial charge in [0.05, 0.1) is 48.7 Å². The van der Waals surface area contributed by atoms with Crippen LogP contribution in [0.1, 0.15) is 122 Å². The van der Waals surface area contributed by atoms with E-state index in [2.05, 4.69) is 26.3 Å². The number of thiazole rings is 1. The summed E-state index contributed by atoms with van der Waals surface area (Å²) in [6.45, 7) is 19.7. The first-order chi connectivity index (χ1) is 31.9. The first-order valence-electron chi connectivity index (χ1n) is 24.1. The fourth-order valence-electron chi connectivity index (χ4n) is 9.06. The highest BCUT2D eigenvalue weighted by Crippen LogP contribution is 2.31. The standard InChI is InChI=1S/C50H82N8O9S/c1-16-32(6)42(57(13)48(63)40(30(2)3)55-46(62)41(31(4)5)56(11)12)38(65-14)28-39(59)58-26-20-23-37(58)43(66-15)33(7)44(60)53-35(27-34-21-18-17-19-22-34)47-54-36(29-68-47)45(61)51-24-25-52-49(64)67-50(8,9)10/h17-19,21-22,29-33,35,37-38,40-43H,16,20,23-28H2,1-15H3,(H,51,61)(H,52,64)(H,53,60)(H,55,62)/t32?,33?,35?,37-,38?,40?,41?,42?,43?/m0/s1. The lowest BCUT2D eigenvalue weighted by molar-refractivity contribution is -0.148. The predicted molar refractivity (Wildman–Crippen MR) is 265 cm³/mol. The van der Waals surface area contributed by atoms with E-state index in [1.807, 2.05) is 90.9 Å². The van der Waals surface area contributed by atoms with E-state index >= 15 is 0 Å². The third kappa shape index (κ3) is 16.5. The van der Waals surface area contributed by atoms with Gasteiger partial charge in [-0.3, -0.25) is 28.9 Å². The molecule has 0 saturated carbocycles. The molecule has 9 atom stereocenters. The Hall–Kier alpha value is -4.65. The number of aromatic nitrogens is 1. The highest BCUT2D eigenvalue weighted by molar-refractivity contribution is 7.09. The number of ether oxygens (including phenoxy) is 3. The SMILES string of the molecule is CCC(C)C(C(CC(=O)N1CCC[C@H]1C(OC)C(C)C(=O)NC(Cc1ccccc1)c1nc(C(=O)NCCNC(=O)OC(C)(C)C)cs1)OC)N(C)C(=O)C(NC(=O)C(C(C)C)N(C)C)C(C)C. The second kappa shape index (κ2) is 26.9. The van der Waals surface area contributed by atoms with Crippen LogP contribution in [-0.2, 0) is 39.8 Å². The van der Waals surface area contributed by atoms with Gasteiger partial charge in [-0.05, 0) is 77.4 Å². The number of hydrogen-bond donors (Lipinski definition) is 4. The number of amides is 6. The minimum atomic E-state index is -0.790. The molecule has 1 saturated heterocycles. The maximum absolute atomic E-state index is 14.5. The monoisotopic (exact) mass is 971 g/mol. The Bertz CT molecular complexity index is 1930. The van der Waals surface area contributed by atoms with Crippen molar-refractivity contribution in [3.05, 3.63) is 52.0 Å². The fraction of sp³-hybridized carbons (Fsp3) is 0.700. The summed E-state index contributed by atoms with van der Waals surface area (Å²) in [7, 11) is 8.53. The van der Waals surface area contributed by atoms with Crippen molar-refractivity contribution in [2.24, 2.45) is 23.7 Å². The third-order valence-electron chi connectivity index (χ3n) is 12.7. The van der Waals surface area contributed by atoms with Crippen molar-refractivity contribution in [3.63, 3.8) is 0 Å². The van der Waals surface area contributed by atoms with Crippen molar-refractivity contribution in [1.29, 1.82) is 0 Å². The fourth-order valence-corrected chi connectivity index (χ4v) is 9.91. The second-order valence-corrected chi connectivity index (χ2v) is 20.9. The van der Waals surface area contributed by atoms with Crippen LogP contribution in [0.15, 0.2) is 35.7 Å². The molecule has 1 aliphatic heterocycles. The van der Waals surface area contributed by atoms with E-state index in [1.165, 1.54) is 11.3 Å². The van der Waals surface area contributed by atoms with Crippen LogP contribution < -0.4 is 21.3 Å². The number of carbonyl (C=O) groups excluding carboxylic acids is 6. The lowest BCUT2D eigenvalue weighted by atomic mass is 9.89. The molecule has 6 amide bonds. The summed E-state index contributed by atoms with van der Waals surface area (Å²) in [5.74, 6) is -2.28. The van der Waals surface area contributed by atoms with Gasteiger partial charge in [-0.1, -0.05) is 85.2 Å². The number of rotatable bonds is 25. The van der Waals surface area contributed by atoms with Crippen molar-refractivity contribution >= 4 is 47.0 Å². The molecule has 1 aromatic heterocycles. The van der Waals surface area contributed by atoms with Gasteiger partial charge in [0, 0.05) is 46.3 Å². The maximum Gasteiger partial charge on any atom is 0.407 e. The molecular formula is C50H82N8O9S. The van der Waals surface area contributed by atoms with E-state index in [-0.39, 0.29) is 66.6 Å². The Kier molecular flexibility index (Phi) is 22.8. The number of likely N-dealkylation sites (N-methyl/N-ethyl adjacent to an activating group) is 2. The van der Waals surface area contributed by atoms with Crippen LogP contribution in [0, 0.1) is 23.7 Å². The molecule has 17 nitrogen and oxygen atoms in total. The predicted octanol–water partition coefficient (Wildman–Crippen LogP) is 5.44. The molecule has 3 rings (SSSR count). The van der Waals surface area contributed by atoms with Gasteiger partial charge >= 0.3 is 6.09 Å². The lowest BCUT2D eigenvalue weighted by Crippen LogP contribution is -2.59. The Morgan fingerprint density at radius 1 is 0.882 bits per heavy atom. The smallest absolute Gasteiger partial charge is 0.407 e. The molecule has 68 heavy (non-hydrogen) atoms. The van der Waals surface area contributed by atoms with E-state index in [9.17, 15) is 28.8 Å². The molecule has 2 aromatic rings. The third-order valence-corrected chi connectivity index (χ3v) is 13.6. The Balaban J connectivity index is 1.79. The molecule has 0 aliphatic carbocycles. The molecular weight excluding hydrogens is 889 g/mol. The van der Waals surface area contributed by atoms with Crippen LogP contribution in [-0.4, -0.2) is 152 Å². The summed E-state index contributed by atoms with van der Waals surface area (Å²) in [5.41, 5.74) is 0.498. The molecule has 0 spiro atoms. The average molecular weight is 971 g/mol. The molecule has 4 N–H and O–H groups in total. The zero-order chi connectivity index (χ0) is 51.0. The number of likely N-dealkylation sites (tertiary alicyclic amines) is 1. The molecule has 0 radical (unpaired) electrons. The zero-order valence-electron chi connectivity index (χ0n) is 43.3. The molecule has 1 fully saturated rings. The number of benzene rings is 1. The van der Waals surface area contributed by atoms with Crippen LogP contribution in [0.25, 0.3) is 0 Å². The highest BCUT2D eigenvalue weighted by atomic mass is 32.1. The van der Waals surface area contributed by atoms with Gasteiger partial charge < -0.3 is 45.3 Å². The van der Waals surface area contributed by atoms with E-state index in [0.717, 1.165) is 5.56 Å². The van der Waals surface area contributed by atoms with E-state index < -0.39 is 65.9 Å². The summed E-state index contributed by atoms with van der Waals surface area (Å²) in [6, 6.07) is 6.98. The molecule has 1 aromatic carbocycles. The minimum Gasteiger partial charge on any atom is -0.444 e. The van der Waals surface area contributed by atoms with Crippen molar-refractivity contribution in [1.82, 2.24) is 41.0 Å². The Morgan fingerprint density at radius 3 is 2.09 bits per heavy atom. The summed E-state index contributed by atoms with van der Waals surface area (Å²) in [5, 5.41) is 13.8. The van der Waals surface area contributed by atoms with Crippen LogP contribution in [0.4, 0.5) is 4.79 Å². The summed E-state index contributed by atoms with van der Waals surface area (Å²) in [6.07, 6.45) is 0.546. The number of carbonyl (C=O) groups is 6. The van der Waals surface area contributed by atoms with E-state index in [0.29, 0.717) is 37.2 Å². The quantitative estimate of drug-likeness (QED) is 0.0924. The zero-order valence-corrected chi connectivity index (χ0v) is 44.2. The molecule has 0 bridgehead atoms. The van der Waals surface area contributed by atoms with Crippen molar-refractivity contribution in [2.45, 2.75) is 149 Å². The number of methoxy groups -OCH3 is 2. The first kappa shape index (κ1) is 57.7. The van der Waals surface area contributed by atoms with Gasteiger partial charge in [-0.2, -0.15) is 0 Å². The number of nitrogens with zero attached hydrogens (tertiary/aromatic N) is 4. The second-order valence-electron chi connectivity index (χ2n) is 20.0. The normalized spacial score (nSPS) is 17.7. The van der Waals surface area contributed by atoms with E-state index in [4.69, 9.17) is 14.2 Å². The van der Waals surface area contributed by atoms with Crippen molar-refractivity contribution < 1.29 is 43.0 Å². The van der Waals surface area contributed by atoms with Gasteiger partial charge in [-0.15, -0.1) is 11.3 Å². The van der Waals surface area contributed by atoms with Crippen LogP contribution >= 0.6 is 11.3 Å². The number of hydrogen-bond acceptors (Lipinski definition) is 12. The van der Waals surface area contributed by atoms with Crippen LogP contribution in [0.5, 0.6) is 0 Å². The largest absolute Gasteiger partial charge is 0.444 e. The van der Waals surface area contributed by atoms with Crippen LogP contribution in [0.2, 0.25) is 0 Å². The Labute approximate surface area is 409 Å². The molecule has 382 valence electrons. The minimum absolute atomic E-state index is 0.00917. The van der Waals surface area contributed by atoms with Gasteiger partial charge in [0.2, 0.25) is 23.6 Å². The van der Waals surface area contributed by atoms with Gasteiger partial charge in [0.15, 0.2) is 0 Å². The maximum atomic E-state index is 14.5. The Morgan fingerprint density at radius 2 is 1.53 bits per heavy atom. The highest BCUT2D eigenvalue weighted by Gasteiger charge is 2.43. The van der Waals surface area contributed by atoms with Crippen LogP contribution in [0.3, 0.4) is 0 Å². The summed E-state index contributed by atoms with van der Waals surface area (Å²) >= 11 is 1.26. The number of nitrogens with one attached hydrogen (secondary N) is 4. The summed E-state index contributed by atoms with van der Waals surface area (Å²) < 4.78 is 17.4. The van der Waals surface area contributed by atoms with E-state index in [1.54, 1.807) is 64.1 Å². The molecule has 18 heteroatoms. The number of alkyl carbamates (subject to hydrolysis) is 1. The average Bonchev–Trinajstić information content (AvgIpc) is 3.97. The van der Waals surface area contributed by atoms with Gasteiger partial charge in [0.25, 0.3) is 5.91 Å².